The van der Waals surface area contributed by atoms with Crippen LogP contribution in [0.15, 0.2) is 42.5 Å². The lowest BCUT2D eigenvalue weighted by molar-refractivity contribution is 0.629. The maximum Gasteiger partial charge on any atom is 0.151 e. The number of aryl methyl sites for hydroxylation is 1. The smallest absolute Gasteiger partial charge is 0.151 e. The Labute approximate surface area is 147 Å². The molecule has 0 amide bonds. The third kappa shape index (κ3) is 5.39. The molecular formula is C15H10Cl3FN4. The van der Waals surface area contributed by atoms with Gasteiger partial charge in [0.2, 0.25) is 0 Å². The van der Waals surface area contributed by atoms with Crippen LogP contribution in [-0.4, -0.2) is 20.4 Å². The van der Waals surface area contributed by atoms with Gasteiger partial charge < -0.3 is 0 Å². The van der Waals surface area contributed by atoms with Crippen molar-refractivity contribution in [2.75, 3.05) is 0 Å². The molecule has 0 atom stereocenters. The first-order valence-electron chi connectivity index (χ1n) is 6.36. The Morgan fingerprint density at radius 1 is 0.739 bits per heavy atom. The lowest BCUT2D eigenvalue weighted by atomic mass is 10.1. The molecule has 0 aliphatic carbocycles. The second-order valence-corrected chi connectivity index (χ2v) is 5.57. The van der Waals surface area contributed by atoms with Crippen LogP contribution in [0.5, 0.6) is 0 Å². The van der Waals surface area contributed by atoms with E-state index in [-0.39, 0.29) is 5.82 Å². The van der Waals surface area contributed by atoms with Crippen molar-refractivity contribution < 1.29 is 4.39 Å². The molecule has 118 valence electrons. The van der Waals surface area contributed by atoms with Crippen LogP contribution < -0.4 is 0 Å². The standard InChI is InChI=1S/C11H8ClFN2.C4H2Cl2N2/c1-7-2-3-8(9(13)6-7)10-4-5-11(12)15-14-10;5-3-1-2-4(6)8-7-3/h2-6H,1H3;1-2H. The highest BCUT2D eigenvalue weighted by Crippen LogP contribution is 2.21. The maximum absolute atomic E-state index is 13.5. The number of nitrogens with zero attached hydrogens (tertiary/aromatic N) is 4. The van der Waals surface area contributed by atoms with E-state index in [0.29, 0.717) is 26.7 Å². The average molecular weight is 372 g/mol. The van der Waals surface area contributed by atoms with Crippen molar-refractivity contribution in [3.63, 3.8) is 0 Å². The SMILES string of the molecule is Cc1ccc(-c2ccc(Cl)nn2)c(F)c1.Clc1ccc(Cl)nn1. The van der Waals surface area contributed by atoms with Crippen molar-refractivity contribution in [1.29, 1.82) is 0 Å². The summed E-state index contributed by atoms with van der Waals surface area (Å²) in [6, 6.07) is 11.4. The summed E-state index contributed by atoms with van der Waals surface area (Å²) in [5.41, 5.74) is 1.79. The van der Waals surface area contributed by atoms with Gasteiger partial charge in [-0.2, -0.15) is 0 Å². The highest BCUT2D eigenvalue weighted by atomic mass is 35.5. The van der Waals surface area contributed by atoms with Crippen molar-refractivity contribution in [3.8, 4) is 11.3 Å². The van der Waals surface area contributed by atoms with Crippen LogP contribution >= 0.6 is 34.8 Å². The van der Waals surface area contributed by atoms with Gasteiger partial charge in [-0.1, -0.05) is 40.9 Å². The third-order valence-electron chi connectivity index (χ3n) is 2.63. The van der Waals surface area contributed by atoms with Gasteiger partial charge in [-0.25, -0.2) is 4.39 Å². The minimum atomic E-state index is -0.299. The largest absolute Gasteiger partial charge is 0.206 e. The van der Waals surface area contributed by atoms with Crippen molar-refractivity contribution in [2.45, 2.75) is 6.92 Å². The van der Waals surface area contributed by atoms with E-state index >= 15 is 0 Å². The summed E-state index contributed by atoms with van der Waals surface area (Å²) < 4.78 is 13.5. The van der Waals surface area contributed by atoms with Gasteiger partial charge >= 0.3 is 0 Å². The first kappa shape index (κ1) is 17.5. The summed E-state index contributed by atoms with van der Waals surface area (Å²) in [5.74, 6) is -0.299. The highest BCUT2D eigenvalue weighted by Gasteiger charge is 2.06. The summed E-state index contributed by atoms with van der Waals surface area (Å²) in [7, 11) is 0. The number of hydrogen-bond donors (Lipinski definition) is 0. The molecule has 4 nitrogen and oxygen atoms in total. The lowest BCUT2D eigenvalue weighted by Gasteiger charge is -2.02. The molecule has 0 saturated carbocycles. The zero-order valence-electron chi connectivity index (χ0n) is 11.8. The molecule has 2 aromatic heterocycles. The van der Waals surface area contributed by atoms with Gasteiger partial charge in [-0.05, 0) is 48.9 Å². The summed E-state index contributed by atoms with van der Waals surface area (Å²) in [5, 5.41) is 15.4. The molecule has 0 bridgehead atoms. The second kappa shape index (κ2) is 8.15. The summed E-state index contributed by atoms with van der Waals surface area (Å²) in [4.78, 5) is 0. The van der Waals surface area contributed by atoms with Gasteiger partial charge in [0.25, 0.3) is 0 Å². The van der Waals surface area contributed by atoms with E-state index in [9.17, 15) is 4.39 Å². The number of hydrogen-bond acceptors (Lipinski definition) is 4. The monoisotopic (exact) mass is 370 g/mol. The van der Waals surface area contributed by atoms with Crippen LogP contribution in [0.4, 0.5) is 4.39 Å². The number of benzene rings is 1. The van der Waals surface area contributed by atoms with Crippen LogP contribution in [0.2, 0.25) is 15.5 Å². The Kier molecular flexibility index (Phi) is 6.21. The molecule has 0 saturated heterocycles. The third-order valence-corrected chi connectivity index (χ3v) is 3.24. The fourth-order valence-electron chi connectivity index (χ4n) is 1.59. The van der Waals surface area contributed by atoms with E-state index in [1.165, 1.54) is 6.07 Å². The molecular weight excluding hydrogens is 362 g/mol. The quantitative estimate of drug-likeness (QED) is 0.602. The molecule has 0 spiro atoms. The molecule has 8 heteroatoms. The van der Waals surface area contributed by atoms with Crippen LogP contribution in [0.3, 0.4) is 0 Å². The lowest BCUT2D eigenvalue weighted by Crippen LogP contribution is -1.91. The van der Waals surface area contributed by atoms with E-state index in [2.05, 4.69) is 20.4 Å². The molecule has 23 heavy (non-hydrogen) atoms. The molecule has 0 aliphatic heterocycles. The Morgan fingerprint density at radius 2 is 1.26 bits per heavy atom. The zero-order valence-corrected chi connectivity index (χ0v) is 14.1. The van der Waals surface area contributed by atoms with E-state index < -0.39 is 0 Å². The summed E-state index contributed by atoms with van der Waals surface area (Å²) >= 11 is 16.4. The average Bonchev–Trinajstić information content (AvgIpc) is 2.52. The molecule has 0 radical (unpaired) electrons. The summed E-state index contributed by atoms with van der Waals surface area (Å²) in [6.45, 7) is 1.83. The number of halogens is 4. The van der Waals surface area contributed by atoms with Gasteiger partial charge in [-0.3, -0.25) is 0 Å². The molecule has 0 fully saturated rings. The van der Waals surface area contributed by atoms with Gasteiger partial charge in [0.05, 0.1) is 5.69 Å². The summed E-state index contributed by atoms with van der Waals surface area (Å²) in [6.07, 6.45) is 0. The Balaban J connectivity index is 0.000000203. The highest BCUT2D eigenvalue weighted by molar-refractivity contribution is 6.31. The zero-order chi connectivity index (χ0) is 16.8. The van der Waals surface area contributed by atoms with Crippen LogP contribution in [0, 0.1) is 12.7 Å². The normalized spacial score (nSPS) is 9.96. The topological polar surface area (TPSA) is 51.6 Å². The molecule has 0 aliphatic rings. The first-order chi connectivity index (χ1) is 11.0. The minimum absolute atomic E-state index is 0.297. The van der Waals surface area contributed by atoms with Crippen LogP contribution in [0.25, 0.3) is 11.3 Å². The minimum Gasteiger partial charge on any atom is -0.206 e. The Morgan fingerprint density at radius 3 is 1.70 bits per heavy atom. The predicted octanol–water partition coefficient (Wildman–Crippen LogP) is 5.03. The van der Waals surface area contributed by atoms with E-state index in [1.54, 1.807) is 30.3 Å². The van der Waals surface area contributed by atoms with Crippen LogP contribution in [0.1, 0.15) is 5.56 Å². The second-order valence-electron chi connectivity index (χ2n) is 4.40. The first-order valence-corrected chi connectivity index (χ1v) is 7.49. The van der Waals surface area contributed by atoms with E-state index in [1.807, 2.05) is 13.0 Å². The Bertz CT molecular complexity index is 759. The molecule has 3 rings (SSSR count). The van der Waals surface area contributed by atoms with Gasteiger partial charge in [0.15, 0.2) is 15.5 Å². The fraction of sp³-hybridized carbons (Fsp3) is 0.0667. The molecule has 0 unspecified atom stereocenters. The molecule has 0 N–H and O–H groups in total. The van der Waals surface area contributed by atoms with Crippen molar-refractivity contribution in [3.05, 3.63) is 69.3 Å². The van der Waals surface area contributed by atoms with Crippen molar-refractivity contribution in [1.82, 2.24) is 20.4 Å². The number of aromatic nitrogens is 4. The van der Waals surface area contributed by atoms with E-state index in [0.717, 1.165) is 5.56 Å². The number of rotatable bonds is 1. The van der Waals surface area contributed by atoms with Gasteiger partial charge in [-0.15, -0.1) is 20.4 Å². The van der Waals surface area contributed by atoms with Gasteiger partial charge in [0.1, 0.15) is 5.82 Å². The van der Waals surface area contributed by atoms with Crippen LogP contribution in [-0.2, 0) is 0 Å². The predicted molar refractivity (Wildman–Crippen MR) is 89.2 cm³/mol. The van der Waals surface area contributed by atoms with Crippen molar-refractivity contribution >= 4 is 34.8 Å². The Hall–Kier alpha value is -1.82. The fourth-order valence-corrected chi connectivity index (χ4v) is 1.89. The maximum atomic E-state index is 13.5. The van der Waals surface area contributed by atoms with Crippen molar-refractivity contribution in [2.24, 2.45) is 0 Å². The van der Waals surface area contributed by atoms with E-state index in [4.69, 9.17) is 34.8 Å². The molecule has 2 heterocycles. The molecule has 1 aromatic carbocycles. The van der Waals surface area contributed by atoms with Gasteiger partial charge in [0, 0.05) is 5.56 Å². The molecule has 3 aromatic rings.